The van der Waals surface area contributed by atoms with E-state index in [4.69, 9.17) is 9.47 Å². The summed E-state index contributed by atoms with van der Waals surface area (Å²) in [4.78, 5) is 24.2. The maximum Gasteiger partial charge on any atom is 0.273 e. The smallest absolute Gasteiger partial charge is 0.273 e. The summed E-state index contributed by atoms with van der Waals surface area (Å²) in [5.74, 6) is -0.0177. The van der Waals surface area contributed by atoms with Gasteiger partial charge >= 0.3 is 0 Å². The quantitative estimate of drug-likeness (QED) is 0.801. The summed E-state index contributed by atoms with van der Waals surface area (Å²) in [5, 5.41) is 0. The van der Waals surface area contributed by atoms with Crippen molar-refractivity contribution in [3.63, 3.8) is 0 Å². The molecule has 0 heterocycles. The van der Waals surface area contributed by atoms with Crippen LogP contribution in [0, 0.1) is 0 Å². The summed E-state index contributed by atoms with van der Waals surface area (Å²) < 4.78 is 10.9. The normalized spacial score (nSPS) is 9.87. The SMILES string of the molecule is COc1ccc(C(=O)NNC(=O)c2ccccc2Br)c(OC)c1. The number of nitrogens with one attached hydrogen (secondary N) is 2. The predicted octanol–water partition coefficient (Wildman–Crippen LogP) is 2.54. The molecule has 0 aromatic heterocycles. The molecule has 0 saturated carbocycles. The van der Waals surface area contributed by atoms with Gasteiger partial charge in [0.2, 0.25) is 0 Å². The van der Waals surface area contributed by atoms with E-state index >= 15 is 0 Å². The average molecular weight is 379 g/mol. The first-order valence-electron chi connectivity index (χ1n) is 6.64. The van der Waals surface area contributed by atoms with Crippen molar-refractivity contribution < 1.29 is 19.1 Å². The van der Waals surface area contributed by atoms with Crippen molar-refractivity contribution in [2.24, 2.45) is 0 Å². The fourth-order valence-electron chi connectivity index (χ4n) is 1.88. The zero-order valence-corrected chi connectivity index (χ0v) is 14.1. The maximum atomic E-state index is 12.2. The molecule has 0 unspecified atom stereocenters. The van der Waals surface area contributed by atoms with Gasteiger partial charge in [0.25, 0.3) is 11.8 Å². The molecule has 6 nitrogen and oxygen atoms in total. The number of hydrogen-bond donors (Lipinski definition) is 2. The van der Waals surface area contributed by atoms with Gasteiger partial charge in [0.1, 0.15) is 11.5 Å². The van der Waals surface area contributed by atoms with Crippen LogP contribution in [-0.4, -0.2) is 26.0 Å². The van der Waals surface area contributed by atoms with E-state index in [9.17, 15) is 9.59 Å². The Hall–Kier alpha value is -2.54. The number of methoxy groups -OCH3 is 2. The number of benzene rings is 2. The van der Waals surface area contributed by atoms with E-state index in [-0.39, 0.29) is 5.56 Å². The van der Waals surface area contributed by atoms with E-state index < -0.39 is 11.8 Å². The van der Waals surface area contributed by atoms with Crippen LogP contribution in [0.3, 0.4) is 0 Å². The second-order valence-corrected chi connectivity index (χ2v) is 5.31. The fourth-order valence-corrected chi connectivity index (χ4v) is 2.34. The molecule has 2 aromatic carbocycles. The molecule has 7 heteroatoms. The van der Waals surface area contributed by atoms with Crippen molar-refractivity contribution in [3.05, 3.63) is 58.1 Å². The second kappa shape index (κ2) is 7.64. The highest BCUT2D eigenvalue weighted by molar-refractivity contribution is 9.10. The summed E-state index contributed by atoms with van der Waals surface area (Å²) in [6, 6.07) is 11.7. The van der Waals surface area contributed by atoms with Crippen LogP contribution >= 0.6 is 15.9 Å². The molecule has 0 aliphatic rings. The Labute approximate surface area is 141 Å². The Balaban J connectivity index is 2.08. The Kier molecular flexibility index (Phi) is 5.59. The number of carbonyl (C=O) groups excluding carboxylic acids is 2. The monoisotopic (exact) mass is 378 g/mol. The minimum atomic E-state index is -0.495. The summed E-state index contributed by atoms with van der Waals surface area (Å²) in [7, 11) is 2.97. The van der Waals surface area contributed by atoms with Gasteiger partial charge in [-0.15, -0.1) is 0 Å². The van der Waals surface area contributed by atoms with E-state index in [1.165, 1.54) is 14.2 Å². The highest BCUT2D eigenvalue weighted by Gasteiger charge is 2.15. The summed E-state index contributed by atoms with van der Waals surface area (Å²) >= 11 is 3.28. The molecule has 0 spiro atoms. The lowest BCUT2D eigenvalue weighted by molar-refractivity contribution is 0.0844. The molecule has 2 aromatic rings. The lowest BCUT2D eigenvalue weighted by Gasteiger charge is -2.12. The van der Waals surface area contributed by atoms with Crippen LogP contribution in [0.25, 0.3) is 0 Å². The van der Waals surface area contributed by atoms with E-state index in [0.717, 1.165) is 0 Å². The molecule has 23 heavy (non-hydrogen) atoms. The first kappa shape index (κ1) is 16.8. The molecule has 2 amide bonds. The van der Waals surface area contributed by atoms with E-state index in [1.54, 1.807) is 42.5 Å². The topological polar surface area (TPSA) is 76.7 Å². The molecular formula is C16H15BrN2O4. The zero-order chi connectivity index (χ0) is 16.8. The number of amides is 2. The van der Waals surface area contributed by atoms with Gasteiger partial charge in [-0.25, -0.2) is 0 Å². The third-order valence-corrected chi connectivity index (χ3v) is 3.75. The molecule has 0 aliphatic heterocycles. The second-order valence-electron chi connectivity index (χ2n) is 4.45. The van der Waals surface area contributed by atoms with Crippen LogP contribution < -0.4 is 20.3 Å². The van der Waals surface area contributed by atoms with Crippen molar-refractivity contribution in [1.29, 1.82) is 0 Å². The summed E-state index contributed by atoms with van der Waals surface area (Å²) in [6.45, 7) is 0. The van der Waals surface area contributed by atoms with Gasteiger partial charge in [0, 0.05) is 10.5 Å². The van der Waals surface area contributed by atoms with Gasteiger partial charge in [0.05, 0.1) is 25.3 Å². The Morgan fingerprint density at radius 2 is 1.57 bits per heavy atom. The van der Waals surface area contributed by atoms with Crippen LogP contribution in [0.15, 0.2) is 46.9 Å². The number of carbonyl (C=O) groups is 2. The Morgan fingerprint density at radius 3 is 2.17 bits per heavy atom. The lowest BCUT2D eigenvalue weighted by Crippen LogP contribution is -2.41. The van der Waals surface area contributed by atoms with Gasteiger partial charge < -0.3 is 9.47 Å². The molecule has 0 fully saturated rings. The third kappa shape index (κ3) is 4.01. The maximum absolute atomic E-state index is 12.2. The highest BCUT2D eigenvalue weighted by Crippen LogP contribution is 2.24. The van der Waals surface area contributed by atoms with Gasteiger partial charge in [-0.2, -0.15) is 0 Å². The zero-order valence-electron chi connectivity index (χ0n) is 12.6. The van der Waals surface area contributed by atoms with Gasteiger partial charge in [0.15, 0.2) is 0 Å². The van der Waals surface area contributed by atoms with Crippen molar-refractivity contribution in [2.45, 2.75) is 0 Å². The van der Waals surface area contributed by atoms with Crippen LogP contribution in [0.1, 0.15) is 20.7 Å². The van der Waals surface area contributed by atoms with E-state index in [1.807, 2.05) is 0 Å². The van der Waals surface area contributed by atoms with Crippen LogP contribution in [0.4, 0.5) is 0 Å². The standard InChI is InChI=1S/C16H15BrN2O4/c1-22-10-7-8-12(14(9-10)23-2)16(21)19-18-15(20)11-5-3-4-6-13(11)17/h3-9H,1-2H3,(H,18,20)(H,19,21). The number of hydrogen-bond acceptors (Lipinski definition) is 4. The molecule has 0 atom stereocenters. The van der Waals surface area contributed by atoms with Gasteiger partial charge in [-0.05, 0) is 40.2 Å². The predicted molar refractivity (Wildman–Crippen MR) is 88.6 cm³/mol. The molecule has 0 radical (unpaired) electrons. The van der Waals surface area contributed by atoms with Crippen molar-refractivity contribution in [3.8, 4) is 11.5 Å². The summed E-state index contributed by atoms with van der Waals surface area (Å²) in [5.41, 5.74) is 5.41. The van der Waals surface area contributed by atoms with Gasteiger partial charge in [-0.1, -0.05) is 12.1 Å². The average Bonchev–Trinajstić information content (AvgIpc) is 2.59. The molecule has 0 bridgehead atoms. The number of halogens is 1. The molecule has 0 saturated heterocycles. The number of ether oxygens (including phenoxy) is 2. The summed E-state index contributed by atoms with van der Waals surface area (Å²) in [6.07, 6.45) is 0. The fraction of sp³-hybridized carbons (Fsp3) is 0.125. The lowest BCUT2D eigenvalue weighted by atomic mass is 10.2. The highest BCUT2D eigenvalue weighted by atomic mass is 79.9. The van der Waals surface area contributed by atoms with Crippen LogP contribution in [0.2, 0.25) is 0 Å². The largest absolute Gasteiger partial charge is 0.497 e. The van der Waals surface area contributed by atoms with Crippen molar-refractivity contribution in [1.82, 2.24) is 10.9 Å². The molecule has 0 aliphatic carbocycles. The minimum Gasteiger partial charge on any atom is -0.497 e. The first-order chi connectivity index (χ1) is 11.1. The van der Waals surface area contributed by atoms with E-state index in [2.05, 4.69) is 26.8 Å². The van der Waals surface area contributed by atoms with Crippen LogP contribution in [-0.2, 0) is 0 Å². The Morgan fingerprint density at radius 1 is 0.913 bits per heavy atom. The van der Waals surface area contributed by atoms with Crippen molar-refractivity contribution >= 4 is 27.7 Å². The van der Waals surface area contributed by atoms with E-state index in [0.29, 0.717) is 21.5 Å². The molecular weight excluding hydrogens is 364 g/mol. The minimum absolute atomic E-state index is 0.278. The Bertz CT molecular complexity index is 734. The number of hydrazine groups is 1. The molecule has 2 N–H and O–H groups in total. The first-order valence-corrected chi connectivity index (χ1v) is 7.43. The molecule has 2 rings (SSSR count). The molecule has 120 valence electrons. The van der Waals surface area contributed by atoms with Crippen LogP contribution in [0.5, 0.6) is 11.5 Å². The van der Waals surface area contributed by atoms with Gasteiger partial charge in [-0.3, -0.25) is 20.4 Å². The third-order valence-electron chi connectivity index (χ3n) is 3.06. The van der Waals surface area contributed by atoms with Crippen molar-refractivity contribution in [2.75, 3.05) is 14.2 Å². The number of rotatable bonds is 4.